The van der Waals surface area contributed by atoms with Crippen molar-refractivity contribution < 1.29 is 5.11 Å². The molecule has 1 aromatic carbocycles. The smallest absolute Gasteiger partial charge is 0.0771 e. The van der Waals surface area contributed by atoms with Gasteiger partial charge in [-0.15, -0.1) is 0 Å². The Labute approximate surface area is 109 Å². The van der Waals surface area contributed by atoms with Crippen molar-refractivity contribution in [2.75, 3.05) is 6.54 Å². The van der Waals surface area contributed by atoms with Crippen LogP contribution in [0.3, 0.4) is 0 Å². The largest absolute Gasteiger partial charge is 0.389 e. The maximum absolute atomic E-state index is 10.0. The molecule has 2 N–H and O–H groups in total. The molecular weight excluding hydrogens is 222 g/mol. The maximum atomic E-state index is 10.0. The Hall–Kier alpha value is -0.860. The van der Waals surface area contributed by atoms with Crippen molar-refractivity contribution in [1.82, 2.24) is 5.32 Å². The van der Waals surface area contributed by atoms with Gasteiger partial charge in [0.25, 0.3) is 0 Å². The average molecular weight is 245 g/mol. The highest BCUT2D eigenvalue weighted by atomic mass is 16.3. The van der Waals surface area contributed by atoms with Crippen LogP contribution in [-0.2, 0) is 0 Å². The summed E-state index contributed by atoms with van der Waals surface area (Å²) in [5, 5.41) is 13.6. The molecule has 0 unspecified atom stereocenters. The lowest BCUT2D eigenvalue weighted by Crippen LogP contribution is -2.51. The molecule has 1 aromatic rings. The first-order valence-corrected chi connectivity index (χ1v) is 7.18. The lowest BCUT2D eigenvalue weighted by atomic mass is 9.73. The molecule has 18 heavy (non-hydrogen) atoms. The molecule has 0 saturated heterocycles. The van der Waals surface area contributed by atoms with E-state index in [-0.39, 0.29) is 5.60 Å². The van der Waals surface area contributed by atoms with Crippen LogP contribution >= 0.6 is 0 Å². The number of benzene rings is 1. The lowest BCUT2D eigenvalue weighted by molar-refractivity contribution is -0.0354. The van der Waals surface area contributed by atoms with Gasteiger partial charge in [-0.1, -0.05) is 24.3 Å². The van der Waals surface area contributed by atoms with Crippen LogP contribution < -0.4 is 5.32 Å². The van der Waals surface area contributed by atoms with Gasteiger partial charge in [0.15, 0.2) is 0 Å². The summed E-state index contributed by atoms with van der Waals surface area (Å²) in [7, 11) is 0. The number of nitrogens with one attached hydrogen (secondary N) is 1. The van der Waals surface area contributed by atoms with Crippen molar-refractivity contribution in [2.24, 2.45) is 0 Å². The van der Waals surface area contributed by atoms with Crippen molar-refractivity contribution in [3.63, 3.8) is 0 Å². The van der Waals surface area contributed by atoms with Gasteiger partial charge in [0.1, 0.15) is 0 Å². The molecule has 2 heteroatoms. The molecule has 0 aromatic heterocycles. The predicted molar refractivity (Wildman–Crippen MR) is 73.7 cm³/mol. The molecule has 0 spiro atoms. The van der Waals surface area contributed by atoms with E-state index in [2.05, 4.69) is 36.5 Å². The highest BCUT2D eigenvalue weighted by Crippen LogP contribution is 2.39. The van der Waals surface area contributed by atoms with Crippen molar-refractivity contribution in [3.8, 4) is 0 Å². The van der Waals surface area contributed by atoms with Crippen LogP contribution in [0.5, 0.6) is 0 Å². The van der Waals surface area contributed by atoms with Crippen molar-refractivity contribution in [1.29, 1.82) is 0 Å². The lowest BCUT2D eigenvalue weighted by Gasteiger charge is -2.42. The van der Waals surface area contributed by atoms with E-state index in [1.165, 1.54) is 30.4 Å². The molecule has 0 bridgehead atoms. The highest BCUT2D eigenvalue weighted by molar-refractivity contribution is 5.31. The van der Waals surface area contributed by atoms with Gasteiger partial charge < -0.3 is 10.4 Å². The summed E-state index contributed by atoms with van der Waals surface area (Å²) in [5.41, 5.74) is 2.55. The Bertz CT molecular complexity index is 419. The standard InChI is InChI=1S/C16H23NO/c1-12-5-2-3-6-15(12)13-9-14(10-13)17-11-16(18)7-4-8-16/h2-3,5-6,13-14,17-18H,4,7-11H2,1H3. The second-order valence-corrected chi connectivity index (χ2v) is 6.18. The summed E-state index contributed by atoms with van der Waals surface area (Å²) in [6, 6.07) is 9.32. The summed E-state index contributed by atoms with van der Waals surface area (Å²) in [5.74, 6) is 0.722. The molecule has 3 rings (SSSR count). The highest BCUT2D eigenvalue weighted by Gasteiger charge is 2.37. The van der Waals surface area contributed by atoms with Gasteiger partial charge in [0.05, 0.1) is 5.60 Å². The van der Waals surface area contributed by atoms with E-state index < -0.39 is 0 Å². The van der Waals surface area contributed by atoms with Crippen LogP contribution in [0.15, 0.2) is 24.3 Å². The first kappa shape index (κ1) is 12.2. The number of hydrogen-bond donors (Lipinski definition) is 2. The van der Waals surface area contributed by atoms with E-state index in [0.717, 1.165) is 25.3 Å². The third-order valence-electron chi connectivity index (χ3n) is 4.77. The van der Waals surface area contributed by atoms with Crippen LogP contribution in [-0.4, -0.2) is 23.3 Å². The van der Waals surface area contributed by atoms with E-state index in [9.17, 15) is 5.11 Å². The number of aliphatic hydroxyl groups is 1. The summed E-state index contributed by atoms with van der Waals surface area (Å²) in [6.07, 6.45) is 5.60. The summed E-state index contributed by atoms with van der Waals surface area (Å²) >= 11 is 0. The first-order chi connectivity index (χ1) is 8.66. The molecule has 0 amide bonds. The third kappa shape index (κ3) is 2.32. The molecule has 0 radical (unpaired) electrons. The normalized spacial score (nSPS) is 29.4. The minimum Gasteiger partial charge on any atom is -0.389 e. The van der Waals surface area contributed by atoms with E-state index in [1.54, 1.807) is 0 Å². The van der Waals surface area contributed by atoms with Gasteiger partial charge in [0, 0.05) is 12.6 Å². The summed E-state index contributed by atoms with van der Waals surface area (Å²) in [6.45, 7) is 2.99. The van der Waals surface area contributed by atoms with Crippen LogP contribution in [0, 0.1) is 6.92 Å². The Balaban J connectivity index is 1.47. The van der Waals surface area contributed by atoms with Crippen molar-refractivity contribution >= 4 is 0 Å². The molecular formula is C16H23NO. The zero-order valence-corrected chi connectivity index (χ0v) is 11.2. The van der Waals surface area contributed by atoms with Gasteiger partial charge in [-0.3, -0.25) is 0 Å². The zero-order valence-electron chi connectivity index (χ0n) is 11.2. The average Bonchev–Trinajstić information content (AvgIpc) is 2.27. The van der Waals surface area contributed by atoms with Gasteiger partial charge in [-0.2, -0.15) is 0 Å². The van der Waals surface area contributed by atoms with E-state index in [1.807, 2.05) is 0 Å². The van der Waals surface area contributed by atoms with Crippen molar-refractivity contribution in [2.45, 2.75) is 56.6 Å². The predicted octanol–water partition coefficient (Wildman–Crippen LogP) is 2.75. The van der Waals surface area contributed by atoms with Crippen molar-refractivity contribution in [3.05, 3.63) is 35.4 Å². The Morgan fingerprint density at radius 3 is 2.61 bits per heavy atom. The topological polar surface area (TPSA) is 32.3 Å². The monoisotopic (exact) mass is 245 g/mol. The minimum atomic E-state index is -0.381. The SMILES string of the molecule is Cc1ccccc1C1CC(NCC2(O)CCC2)C1. The number of rotatable bonds is 4. The Morgan fingerprint density at radius 1 is 1.28 bits per heavy atom. The first-order valence-electron chi connectivity index (χ1n) is 7.18. The Kier molecular flexibility index (Phi) is 3.16. The van der Waals surface area contributed by atoms with Crippen LogP contribution in [0.25, 0.3) is 0 Å². The molecule has 0 atom stereocenters. The van der Waals surface area contributed by atoms with Gasteiger partial charge in [0.2, 0.25) is 0 Å². The van der Waals surface area contributed by atoms with Gasteiger partial charge in [-0.05, 0) is 56.1 Å². The maximum Gasteiger partial charge on any atom is 0.0771 e. The molecule has 0 aliphatic heterocycles. The van der Waals surface area contributed by atoms with E-state index in [4.69, 9.17) is 0 Å². The Morgan fingerprint density at radius 2 is 2.00 bits per heavy atom. The minimum absolute atomic E-state index is 0.381. The molecule has 98 valence electrons. The fraction of sp³-hybridized carbons (Fsp3) is 0.625. The van der Waals surface area contributed by atoms with Crippen LogP contribution in [0.2, 0.25) is 0 Å². The molecule has 2 aliphatic rings. The van der Waals surface area contributed by atoms with Crippen LogP contribution in [0.4, 0.5) is 0 Å². The molecule has 2 saturated carbocycles. The number of aryl methyl sites for hydroxylation is 1. The number of hydrogen-bond acceptors (Lipinski definition) is 2. The van der Waals surface area contributed by atoms with Crippen LogP contribution in [0.1, 0.15) is 49.1 Å². The fourth-order valence-corrected chi connectivity index (χ4v) is 3.18. The quantitative estimate of drug-likeness (QED) is 0.855. The second kappa shape index (κ2) is 4.67. The molecule has 0 heterocycles. The summed E-state index contributed by atoms with van der Waals surface area (Å²) in [4.78, 5) is 0. The molecule has 2 fully saturated rings. The van der Waals surface area contributed by atoms with E-state index in [0.29, 0.717) is 6.04 Å². The molecule has 2 aliphatic carbocycles. The van der Waals surface area contributed by atoms with Gasteiger partial charge >= 0.3 is 0 Å². The van der Waals surface area contributed by atoms with Gasteiger partial charge in [-0.25, -0.2) is 0 Å². The fourth-order valence-electron chi connectivity index (χ4n) is 3.18. The summed E-state index contributed by atoms with van der Waals surface area (Å²) < 4.78 is 0. The third-order valence-corrected chi connectivity index (χ3v) is 4.77. The zero-order chi connectivity index (χ0) is 12.6. The van der Waals surface area contributed by atoms with E-state index >= 15 is 0 Å². The molecule has 2 nitrogen and oxygen atoms in total. The second-order valence-electron chi connectivity index (χ2n) is 6.18.